The Morgan fingerprint density at radius 2 is 2.00 bits per heavy atom. The van der Waals surface area contributed by atoms with Crippen molar-refractivity contribution in [3.8, 4) is 0 Å². The van der Waals surface area contributed by atoms with E-state index in [0.717, 1.165) is 12.1 Å². The summed E-state index contributed by atoms with van der Waals surface area (Å²) in [6.07, 6.45) is -5.40. The molecule has 0 unspecified atom stereocenters. The van der Waals surface area contributed by atoms with Gasteiger partial charge in [0.1, 0.15) is 11.7 Å². The lowest BCUT2D eigenvalue weighted by Crippen LogP contribution is -2.73. The lowest BCUT2D eigenvalue weighted by Gasteiger charge is -2.44. The Morgan fingerprint density at radius 3 is 2.54 bits per heavy atom. The average Bonchev–Trinajstić information content (AvgIpc) is 2.45. The molecule has 0 saturated carbocycles. The van der Waals surface area contributed by atoms with Crippen LogP contribution in [0.4, 0.5) is 22.4 Å². The molecule has 2 amide bonds. The molecule has 1 aromatic rings. The van der Waals surface area contributed by atoms with Crippen LogP contribution in [0.3, 0.4) is 0 Å². The molecule has 1 heterocycles. The molecular weight excluding hydrogens is 336 g/mol. The van der Waals surface area contributed by atoms with E-state index in [1.807, 2.05) is 5.32 Å². The minimum Gasteiger partial charge on any atom is -0.466 e. The second-order valence-corrected chi connectivity index (χ2v) is 5.09. The molecule has 3 N–H and O–H groups in total. The van der Waals surface area contributed by atoms with Gasteiger partial charge in [-0.3, -0.25) is 4.79 Å². The molecule has 2 rings (SSSR count). The van der Waals surface area contributed by atoms with Crippen molar-refractivity contribution < 1.29 is 37.0 Å². The van der Waals surface area contributed by atoms with Gasteiger partial charge in [0.25, 0.3) is 5.72 Å². The summed E-state index contributed by atoms with van der Waals surface area (Å²) in [6.45, 7) is 1.10. The van der Waals surface area contributed by atoms with E-state index in [1.54, 1.807) is 0 Å². The molecule has 0 aromatic heterocycles. The first kappa shape index (κ1) is 18.0. The molecule has 0 bridgehead atoms. The van der Waals surface area contributed by atoms with Crippen LogP contribution in [0.5, 0.6) is 0 Å². The molecule has 3 atom stereocenters. The molecule has 10 heteroatoms. The maximum Gasteiger partial charge on any atom is 0.437 e. The lowest BCUT2D eigenvalue weighted by molar-refractivity contribution is -0.294. The van der Waals surface area contributed by atoms with Crippen molar-refractivity contribution in [3.05, 3.63) is 35.6 Å². The predicted octanol–water partition coefficient (Wildman–Crippen LogP) is 1.61. The first-order valence-electron chi connectivity index (χ1n) is 6.90. The summed E-state index contributed by atoms with van der Waals surface area (Å²) in [6, 6.07) is 1.50. The van der Waals surface area contributed by atoms with Gasteiger partial charge in [-0.1, -0.05) is 18.2 Å². The third kappa shape index (κ3) is 3.01. The van der Waals surface area contributed by atoms with E-state index in [2.05, 4.69) is 4.74 Å². The fourth-order valence-electron chi connectivity index (χ4n) is 2.52. The number of alkyl halides is 3. The third-order valence-corrected chi connectivity index (χ3v) is 3.59. The van der Waals surface area contributed by atoms with Crippen molar-refractivity contribution in [2.24, 2.45) is 5.92 Å². The fraction of sp³-hybridized carbons (Fsp3) is 0.429. The maximum absolute atomic E-state index is 14.0. The molecule has 0 spiro atoms. The summed E-state index contributed by atoms with van der Waals surface area (Å²) in [5, 5.41) is 13.4. The zero-order chi connectivity index (χ0) is 18.1. The molecule has 1 fully saturated rings. The Labute approximate surface area is 133 Å². The Bertz CT molecular complexity index is 652. The van der Waals surface area contributed by atoms with Crippen molar-refractivity contribution in [1.82, 2.24) is 10.6 Å². The van der Waals surface area contributed by atoms with E-state index < -0.39 is 41.7 Å². The van der Waals surface area contributed by atoms with Gasteiger partial charge in [0.2, 0.25) is 0 Å². The first-order valence-corrected chi connectivity index (χ1v) is 6.90. The molecular formula is C14H14F4N2O4. The monoisotopic (exact) mass is 350 g/mol. The van der Waals surface area contributed by atoms with Gasteiger partial charge < -0.3 is 20.5 Å². The molecule has 1 aliphatic heterocycles. The molecule has 1 aliphatic rings. The fourth-order valence-corrected chi connectivity index (χ4v) is 2.52. The Balaban J connectivity index is 2.60. The van der Waals surface area contributed by atoms with E-state index in [9.17, 15) is 32.3 Å². The van der Waals surface area contributed by atoms with E-state index in [4.69, 9.17) is 0 Å². The zero-order valence-electron chi connectivity index (χ0n) is 12.4. The topological polar surface area (TPSA) is 87.7 Å². The average molecular weight is 350 g/mol. The minimum absolute atomic E-state index is 0.263. The Hall–Kier alpha value is -2.36. The second kappa shape index (κ2) is 6.27. The normalized spacial score (nSPS) is 27.2. The van der Waals surface area contributed by atoms with Crippen LogP contribution < -0.4 is 10.6 Å². The van der Waals surface area contributed by atoms with Gasteiger partial charge in [0.05, 0.1) is 12.6 Å². The highest BCUT2D eigenvalue weighted by Crippen LogP contribution is 2.43. The number of hydrogen-bond acceptors (Lipinski definition) is 4. The number of urea groups is 1. The number of carbonyl (C=O) groups excluding carboxylic acids is 2. The summed E-state index contributed by atoms with van der Waals surface area (Å²) in [5.41, 5.74) is -4.29. The second-order valence-electron chi connectivity index (χ2n) is 5.09. The van der Waals surface area contributed by atoms with E-state index in [1.165, 1.54) is 24.4 Å². The summed E-state index contributed by atoms with van der Waals surface area (Å²) in [5.74, 6) is -4.71. The van der Waals surface area contributed by atoms with Crippen molar-refractivity contribution in [2.75, 3.05) is 6.61 Å². The number of halogens is 4. The summed E-state index contributed by atoms with van der Waals surface area (Å²) >= 11 is 0. The third-order valence-electron chi connectivity index (χ3n) is 3.59. The van der Waals surface area contributed by atoms with E-state index in [-0.39, 0.29) is 12.2 Å². The van der Waals surface area contributed by atoms with E-state index in [0.29, 0.717) is 0 Å². The summed E-state index contributed by atoms with van der Waals surface area (Å²) in [4.78, 5) is 23.7. The number of nitrogens with one attached hydrogen (secondary N) is 2. The SMILES string of the molecule is CCOC(=O)[C@@H]1[C@@H](c2ccccc2F)NC(=O)N[C@@]1(O)C(F)(F)F. The summed E-state index contributed by atoms with van der Waals surface area (Å²) < 4.78 is 58.6. The highest BCUT2D eigenvalue weighted by molar-refractivity contribution is 5.83. The van der Waals surface area contributed by atoms with Crippen molar-refractivity contribution >= 4 is 12.0 Å². The van der Waals surface area contributed by atoms with Gasteiger partial charge >= 0.3 is 18.2 Å². The molecule has 24 heavy (non-hydrogen) atoms. The van der Waals surface area contributed by atoms with Gasteiger partial charge in [-0.05, 0) is 13.0 Å². The van der Waals surface area contributed by atoms with Crippen LogP contribution in [0.2, 0.25) is 0 Å². The number of ether oxygens (including phenoxy) is 1. The lowest BCUT2D eigenvalue weighted by atomic mass is 9.82. The number of aliphatic hydroxyl groups is 1. The van der Waals surface area contributed by atoms with Crippen molar-refractivity contribution in [2.45, 2.75) is 24.9 Å². The largest absolute Gasteiger partial charge is 0.466 e. The van der Waals surface area contributed by atoms with E-state index >= 15 is 0 Å². The molecule has 1 aromatic carbocycles. The number of benzene rings is 1. The maximum atomic E-state index is 14.0. The van der Waals surface area contributed by atoms with Gasteiger partial charge in [0, 0.05) is 5.56 Å². The number of hydrogen-bond donors (Lipinski definition) is 3. The van der Waals surface area contributed by atoms with Gasteiger partial charge in [0.15, 0.2) is 0 Å². The predicted molar refractivity (Wildman–Crippen MR) is 71.9 cm³/mol. The highest BCUT2D eigenvalue weighted by Gasteiger charge is 2.67. The highest BCUT2D eigenvalue weighted by atomic mass is 19.4. The van der Waals surface area contributed by atoms with Crippen LogP contribution in [-0.4, -0.2) is 35.6 Å². The van der Waals surface area contributed by atoms with Crippen molar-refractivity contribution in [3.63, 3.8) is 0 Å². The number of rotatable bonds is 3. The Morgan fingerprint density at radius 1 is 1.38 bits per heavy atom. The number of amides is 2. The molecule has 0 radical (unpaired) electrons. The van der Waals surface area contributed by atoms with Crippen LogP contribution in [0.1, 0.15) is 18.5 Å². The first-order chi connectivity index (χ1) is 11.1. The van der Waals surface area contributed by atoms with Crippen LogP contribution in [0, 0.1) is 11.7 Å². The number of carbonyl (C=O) groups is 2. The zero-order valence-corrected chi connectivity index (χ0v) is 12.4. The smallest absolute Gasteiger partial charge is 0.437 e. The van der Waals surface area contributed by atoms with Crippen molar-refractivity contribution in [1.29, 1.82) is 0 Å². The molecule has 132 valence electrons. The number of esters is 1. The molecule has 1 saturated heterocycles. The molecule has 6 nitrogen and oxygen atoms in total. The van der Waals surface area contributed by atoms with Crippen LogP contribution >= 0.6 is 0 Å². The summed E-state index contributed by atoms with van der Waals surface area (Å²) in [7, 11) is 0. The van der Waals surface area contributed by atoms with Crippen LogP contribution in [0.15, 0.2) is 24.3 Å². The quantitative estimate of drug-likeness (QED) is 0.571. The van der Waals surface area contributed by atoms with Crippen LogP contribution in [-0.2, 0) is 9.53 Å². The van der Waals surface area contributed by atoms with Gasteiger partial charge in [-0.25, -0.2) is 9.18 Å². The Kier molecular flexibility index (Phi) is 4.70. The standard InChI is InChI=1S/C14H14F4N2O4/c1-2-24-11(21)9-10(7-5-3-4-6-8(7)15)19-12(22)20-13(9,23)14(16,17)18/h3-6,9-10,23H,2H2,1H3,(H2,19,20,22)/t9-,10+,13-/m0/s1. The minimum atomic E-state index is -5.40. The van der Waals surface area contributed by atoms with Gasteiger partial charge in [-0.15, -0.1) is 0 Å². The molecule has 0 aliphatic carbocycles. The van der Waals surface area contributed by atoms with Crippen LogP contribution in [0.25, 0.3) is 0 Å². The van der Waals surface area contributed by atoms with Gasteiger partial charge in [-0.2, -0.15) is 13.2 Å².